The molecule has 0 fully saturated rings. The Hall–Kier alpha value is -3.98. The van der Waals surface area contributed by atoms with Crippen LogP contribution < -0.4 is 10.6 Å². The SMILES string of the molecule is Cc1cc(NC(=O)c2ccccc2)ccc1NC(=O)CSc1nnc(-c2ccncc2)n1C. The lowest BCUT2D eigenvalue weighted by atomic mass is 10.1. The maximum Gasteiger partial charge on any atom is 0.255 e. The minimum Gasteiger partial charge on any atom is -0.325 e. The standard InChI is InChI=1S/C24H22N6O2S/c1-16-14-19(26-23(32)18-6-4-3-5-7-18)8-9-20(16)27-21(31)15-33-24-29-28-22(30(24)2)17-10-12-25-13-11-17/h3-14H,15H2,1-2H3,(H,26,32)(H,27,31). The number of thioether (sulfide) groups is 1. The number of aromatic nitrogens is 4. The van der Waals surface area contributed by atoms with Crippen LogP contribution in [-0.4, -0.2) is 37.3 Å². The van der Waals surface area contributed by atoms with E-state index in [1.165, 1.54) is 11.8 Å². The van der Waals surface area contributed by atoms with Gasteiger partial charge in [-0.1, -0.05) is 30.0 Å². The summed E-state index contributed by atoms with van der Waals surface area (Å²) in [7, 11) is 1.86. The Morgan fingerprint density at radius 1 is 0.970 bits per heavy atom. The molecular weight excluding hydrogens is 436 g/mol. The van der Waals surface area contributed by atoms with Gasteiger partial charge in [-0.3, -0.25) is 14.6 Å². The first kappa shape index (κ1) is 22.2. The van der Waals surface area contributed by atoms with Gasteiger partial charge in [0.1, 0.15) is 0 Å². The predicted octanol–water partition coefficient (Wildman–Crippen LogP) is 4.17. The highest BCUT2D eigenvalue weighted by Crippen LogP contribution is 2.24. The van der Waals surface area contributed by atoms with Crippen LogP contribution in [0.3, 0.4) is 0 Å². The average molecular weight is 459 g/mol. The van der Waals surface area contributed by atoms with Crippen molar-refractivity contribution in [3.63, 3.8) is 0 Å². The molecule has 4 rings (SSSR count). The van der Waals surface area contributed by atoms with Gasteiger partial charge in [-0.2, -0.15) is 0 Å². The minimum absolute atomic E-state index is 0.155. The molecule has 0 aliphatic heterocycles. The lowest BCUT2D eigenvalue weighted by molar-refractivity contribution is -0.113. The second-order valence-corrected chi connectivity index (χ2v) is 8.23. The van der Waals surface area contributed by atoms with E-state index in [0.717, 1.165) is 11.1 Å². The molecule has 0 spiro atoms. The third-order valence-corrected chi connectivity index (χ3v) is 5.92. The number of rotatable bonds is 7. The second kappa shape index (κ2) is 10.1. The number of carbonyl (C=O) groups is 2. The fraction of sp³-hybridized carbons (Fsp3) is 0.125. The normalized spacial score (nSPS) is 10.6. The van der Waals surface area contributed by atoms with Crippen LogP contribution in [0.5, 0.6) is 0 Å². The molecule has 8 nitrogen and oxygen atoms in total. The molecular formula is C24H22N6O2S. The minimum atomic E-state index is -0.182. The van der Waals surface area contributed by atoms with Crippen molar-refractivity contribution >= 4 is 35.0 Å². The Morgan fingerprint density at radius 2 is 1.73 bits per heavy atom. The monoisotopic (exact) mass is 458 g/mol. The van der Waals surface area contributed by atoms with E-state index in [0.29, 0.717) is 27.9 Å². The highest BCUT2D eigenvalue weighted by atomic mass is 32.2. The number of nitrogens with one attached hydrogen (secondary N) is 2. The number of carbonyl (C=O) groups excluding carboxylic acids is 2. The summed E-state index contributed by atoms with van der Waals surface area (Å²) in [6, 6.07) is 18.1. The van der Waals surface area contributed by atoms with E-state index in [2.05, 4.69) is 25.8 Å². The van der Waals surface area contributed by atoms with Crippen molar-refractivity contribution in [2.24, 2.45) is 7.05 Å². The summed E-state index contributed by atoms with van der Waals surface area (Å²) in [5.74, 6) is 0.564. The average Bonchev–Trinajstić information content (AvgIpc) is 3.21. The largest absolute Gasteiger partial charge is 0.325 e. The van der Waals surface area contributed by atoms with Gasteiger partial charge in [0.2, 0.25) is 5.91 Å². The van der Waals surface area contributed by atoms with Crippen molar-refractivity contribution < 1.29 is 9.59 Å². The summed E-state index contributed by atoms with van der Waals surface area (Å²) in [5.41, 5.74) is 3.69. The quantitative estimate of drug-likeness (QED) is 0.403. The van der Waals surface area contributed by atoms with E-state index in [1.54, 1.807) is 36.7 Å². The van der Waals surface area contributed by atoms with Crippen LogP contribution in [0.1, 0.15) is 15.9 Å². The maximum atomic E-state index is 12.5. The van der Waals surface area contributed by atoms with Gasteiger partial charge >= 0.3 is 0 Å². The first-order chi connectivity index (χ1) is 16.0. The van der Waals surface area contributed by atoms with Gasteiger partial charge in [0.05, 0.1) is 5.75 Å². The van der Waals surface area contributed by atoms with Crippen molar-refractivity contribution in [2.75, 3.05) is 16.4 Å². The molecule has 0 aliphatic rings. The highest BCUT2D eigenvalue weighted by Gasteiger charge is 2.14. The molecule has 166 valence electrons. The van der Waals surface area contributed by atoms with Gasteiger partial charge in [-0.15, -0.1) is 10.2 Å². The molecule has 0 aliphatic carbocycles. The Kier molecular flexibility index (Phi) is 6.80. The Balaban J connectivity index is 1.34. The van der Waals surface area contributed by atoms with Gasteiger partial charge in [0, 0.05) is 41.9 Å². The van der Waals surface area contributed by atoms with E-state index in [-0.39, 0.29) is 17.6 Å². The molecule has 9 heteroatoms. The van der Waals surface area contributed by atoms with E-state index in [4.69, 9.17) is 0 Å². The lowest BCUT2D eigenvalue weighted by Crippen LogP contribution is -2.16. The molecule has 2 N–H and O–H groups in total. The van der Waals surface area contributed by atoms with Crippen LogP contribution in [0.4, 0.5) is 11.4 Å². The first-order valence-electron chi connectivity index (χ1n) is 10.2. The Labute approximate surface area is 195 Å². The van der Waals surface area contributed by atoms with Crippen molar-refractivity contribution in [1.82, 2.24) is 19.7 Å². The molecule has 2 aromatic heterocycles. The van der Waals surface area contributed by atoms with Gasteiger partial charge in [-0.05, 0) is 55.0 Å². The molecule has 0 saturated carbocycles. The molecule has 4 aromatic rings. The fourth-order valence-corrected chi connectivity index (χ4v) is 3.89. The third-order valence-electron chi connectivity index (χ3n) is 4.90. The van der Waals surface area contributed by atoms with Gasteiger partial charge < -0.3 is 15.2 Å². The van der Waals surface area contributed by atoms with Crippen LogP contribution in [-0.2, 0) is 11.8 Å². The molecule has 0 unspecified atom stereocenters. The van der Waals surface area contributed by atoms with Gasteiger partial charge in [-0.25, -0.2) is 0 Å². The number of amides is 2. The van der Waals surface area contributed by atoms with Crippen LogP contribution in [0.2, 0.25) is 0 Å². The summed E-state index contributed by atoms with van der Waals surface area (Å²) in [6.45, 7) is 1.88. The Bertz CT molecular complexity index is 1270. The van der Waals surface area contributed by atoms with Crippen molar-refractivity contribution in [1.29, 1.82) is 0 Å². The molecule has 0 bridgehead atoms. The molecule has 2 aromatic carbocycles. The van der Waals surface area contributed by atoms with Crippen molar-refractivity contribution in [3.8, 4) is 11.4 Å². The number of nitrogens with zero attached hydrogens (tertiary/aromatic N) is 4. The molecule has 2 amide bonds. The predicted molar refractivity (Wildman–Crippen MR) is 129 cm³/mol. The summed E-state index contributed by atoms with van der Waals surface area (Å²) in [6.07, 6.45) is 3.40. The Morgan fingerprint density at radius 3 is 2.45 bits per heavy atom. The number of pyridine rings is 1. The van der Waals surface area contributed by atoms with Gasteiger partial charge in [0.15, 0.2) is 11.0 Å². The summed E-state index contributed by atoms with van der Waals surface area (Å²) < 4.78 is 1.85. The lowest BCUT2D eigenvalue weighted by Gasteiger charge is -2.11. The zero-order valence-corrected chi connectivity index (χ0v) is 19.0. The first-order valence-corrected chi connectivity index (χ1v) is 11.2. The van der Waals surface area contributed by atoms with Crippen LogP contribution in [0.15, 0.2) is 78.2 Å². The maximum absolute atomic E-state index is 12.5. The molecule has 0 saturated heterocycles. The summed E-state index contributed by atoms with van der Waals surface area (Å²) >= 11 is 1.31. The fourth-order valence-electron chi connectivity index (χ4n) is 3.18. The number of anilines is 2. The van der Waals surface area contributed by atoms with Crippen LogP contribution in [0, 0.1) is 6.92 Å². The zero-order chi connectivity index (χ0) is 23.2. The van der Waals surface area contributed by atoms with Crippen molar-refractivity contribution in [2.45, 2.75) is 12.1 Å². The van der Waals surface area contributed by atoms with Crippen LogP contribution in [0.25, 0.3) is 11.4 Å². The smallest absolute Gasteiger partial charge is 0.255 e. The topological polar surface area (TPSA) is 102 Å². The highest BCUT2D eigenvalue weighted by molar-refractivity contribution is 7.99. The second-order valence-electron chi connectivity index (χ2n) is 7.29. The summed E-state index contributed by atoms with van der Waals surface area (Å²) in [5, 5.41) is 14.8. The third kappa shape index (κ3) is 5.45. The zero-order valence-electron chi connectivity index (χ0n) is 18.1. The van der Waals surface area contributed by atoms with E-state index >= 15 is 0 Å². The number of hydrogen-bond acceptors (Lipinski definition) is 6. The van der Waals surface area contributed by atoms with E-state index in [1.807, 2.05) is 54.9 Å². The molecule has 33 heavy (non-hydrogen) atoms. The van der Waals surface area contributed by atoms with Crippen molar-refractivity contribution in [3.05, 3.63) is 84.2 Å². The number of aryl methyl sites for hydroxylation is 1. The van der Waals surface area contributed by atoms with Crippen LogP contribution >= 0.6 is 11.8 Å². The van der Waals surface area contributed by atoms with E-state index in [9.17, 15) is 9.59 Å². The molecule has 2 heterocycles. The van der Waals surface area contributed by atoms with Gasteiger partial charge in [0.25, 0.3) is 5.91 Å². The number of hydrogen-bond donors (Lipinski definition) is 2. The number of benzene rings is 2. The molecule has 0 atom stereocenters. The van der Waals surface area contributed by atoms with E-state index < -0.39 is 0 Å². The molecule has 0 radical (unpaired) electrons. The summed E-state index contributed by atoms with van der Waals surface area (Å²) in [4.78, 5) is 28.8.